The van der Waals surface area contributed by atoms with E-state index in [0.717, 1.165) is 16.5 Å². The van der Waals surface area contributed by atoms with Crippen LogP contribution in [-0.2, 0) is 11.2 Å². The molecule has 0 unspecified atom stereocenters. The minimum atomic E-state index is 0.153. The second-order valence-electron chi connectivity index (χ2n) is 6.64. The number of aromatic nitrogens is 3. The lowest BCUT2D eigenvalue weighted by Gasteiger charge is -2.34. The van der Waals surface area contributed by atoms with Gasteiger partial charge in [0.1, 0.15) is 5.82 Å². The lowest BCUT2D eigenvalue weighted by Crippen LogP contribution is -2.40. The highest BCUT2D eigenvalue weighted by Crippen LogP contribution is 2.24. The molecule has 0 N–H and O–H groups in total. The van der Waals surface area contributed by atoms with E-state index in [-0.39, 0.29) is 12.2 Å². The van der Waals surface area contributed by atoms with Crippen LogP contribution in [0.1, 0.15) is 25.1 Å². The van der Waals surface area contributed by atoms with E-state index < -0.39 is 0 Å². The van der Waals surface area contributed by atoms with Gasteiger partial charge in [-0.05, 0) is 26.0 Å². The van der Waals surface area contributed by atoms with Crippen molar-refractivity contribution in [3.63, 3.8) is 0 Å². The summed E-state index contributed by atoms with van der Waals surface area (Å²) < 4.78 is 5.33. The van der Waals surface area contributed by atoms with E-state index in [9.17, 15) is 4.79 Å². The number of carbonyl (C=O) groups is 1. The molecular weight excluding hydrogens is 316 g/mol. The summed E-state index contributed by atoms with van der Waals surface area (Å²) in [5, 5.41) is 0.936. The number of likely N-dealkylation sites (N-methyl/N-ethyl adjacent to an activating group) is 1. The number of rotatable bonds is 6. The van der Waals surface area contributed by atoms with Crippen molar-refractivity contribution in [3.05, 3.63) is 42.8 Å². The van der Waals surface area contributed by atoms with Gasteiger partial charge in [0.05, 0.1) is 24.7 Å². The van der Waals surface area contributed by atoms with Crippen molar-refractivity contribution in [1.82, 2.24) is 19.9 Å². The van der Waals surface area contributed by atoms with E-state index >= 15 is 0 Å². The molecule has 128 valence electrons. The molecule has 3 aromatic rings. The average Bonchev–Trinajstić information content (AvgIpc) is 3.06. The van der Waals surface area contributed by atoms with Crippen molar-refractivity contribution in [2.75, 3.05) is 13.6 Å². The number of Topliss-reactive ketones (excluding diaryl/α,β-unsaturated/α-hetero) is 1. The van der Waals surface area contributed by atoms with Gasteiger partial charge in [0, 0.05) is 23.2 Å². The van der Waals surface area contributed by atoms with Gasteiger partial charge in [-0.1, -0.05) is 18.6 Å². The molecule has 6 nitrogen and oxygen atoms in total. The molecule has 25 heavy (non-hydrogen) atoms. The second kappa shape index (κ2) is 6.72. The lowest BCUT2D eigenvalue weighted by molar-refractivity contribution is -0.120. The number of benzene rings is 1. The fourth-order valence-corrected chi connectivity index (χ4v) is 3.13. The molecule has 0 spiro atoms. The molecule has 2 heterocycles. The Kier molecular flexibility index (Phi) is 4.28. The van der Waals surface area contributed by atoms with Gasteiger partial charge in [0.2, 0.25) is 0 Å². The second-order valence-corrected chi connectivity index (χ2v) is 6.64. The minimum Gasteiger partial charge on any atom is -0.444 e. The Morgan fingerprint density at radius 3 is 2.92 bits per heavy atom. The Morgan fingerprint density at radius 1 is 1.32 bits per heavy atom. The van der Waals surface area contributed by atoms with Crippen LogP contribution in [0.4, 0.5) is 0 Å². The monoisotopic (exact) mass is 336 g/mol. The lowest BCUT2D eigenvalue weighted by atomic mass is 9.92. The molecule has 0 atom stereocenters. The molecule has 0 radical (unpaired) electrons. The standard InChI is InChI=1S/C19H20N4O2/c1-23(15-3-2-4-15)11-16(24)8-19-21-9-14-6-5-13(7-17(14)22-19)18-10-20-12-25-18/h5-7,9-10,12,15H,2-4,8,11H2,1H3. The maximum absolute atomic E-state index is 12.3. The molecule has 0 bridgehead atoms. The third-order valence-electron chi connectivity index (χ3n) is 4.83. The molecule has 4 rings (SSSR count). The first-order valence-corrected chi connectivity index (χ1v) is 8.55. The molecule has 1 aromatic carbocycles. The van der Waals surface area contributed by atoms with Crippen molar-refractivity contribution in [3.8, 4) is 11.3 Å². The van der Waals surface area contributed by atoms with Crippen LogP contribution in [0.15, 0.2) is 41.4 Å². The maximum Gasteiger partial charge on any atom is 0.181 e. The molecule has 1 aliphatic rings. The maximum atomic E-state index is 12.3. The molecule has 0 saturated heterocycles. The van der Waals surface area contributed by atoms with Gasteiger partial charge in [0.15, 0.2) is 17.9 Å². The predicted octanol–water partition coefficient (Wildman–Crippen LogP) is 2.88. The smallest absolute Gasteiger partial charge is 0.181 e. The first-order chi connectivity index (χ1) is 12.2. The average molecular weight is 336 g/mol. The minimum absolute atomic E-state index is 0.153. The third kappa shape index (κ3) is 3.44. The van der Waals surface area contributed by atoms with Gasteiger partial charge in [-0.3, -0.25) is 9.69 Å². The van der Waals surface area contributed by atoms with E-state index in [1.807, 2.05) is 25.2 Å². The summed E-state index contributed by atoms with van der Waals surface area (Å²) in [6.07, 6.45) is 8.77. The summed E-state index contributed by atoms with van der Waals surface area (Å²) in [4.78, 5) is 27.3. The summed E-state index contributed by atoms with van der Waals surface area (Å²) >= 11 is 0. The van der Waals surface area contributed by atoms with Crippen LogP contribution in [0.25, 0.3) is 22.2 Å². The number of oxazole rings is 1. The van der Waals surface area contributed by atoms with E-state index in [0.29, 0.717) is 24.2 Å². The van der Waals surface area contributed by atoms with Crippen LogP contribution in [0.3, 0.4) is 0 Å². The van der Waals surface area contributed by atoms with Crippen molar-refractivity contribution in [1.29, 1.82) is 0 Å². The van der Waals surface area contributed by atoms with Gasteiger partial charge >= 0.3 is 0 Å². The molecule has 6 heteroatoms. The Balaban J connectivity index is 1.50. The van der Waals surface area contributed by atoms with Crippen molar-refractivity contribution in [2.45, 2.75) is 31.7 Å². The van der Waals surface area contributed by atoms with Crippen LogP contribution in [0.2, 0.25) is 0 Å². The fraction of sp³-hybridized carbons (Fsp3) is 0.368. The van der Waals surface area contributed by atoms with E-state index in [4.69, 9.17) is 4.42 Å². The summed E-state index contributed by atoms with van der Waals surface area (Å²) in [6.45, 7) is 0.462. The zero-order chi connectivity index (χ0) is 17.2. The van der Waals surface area contributed by atoms with Crippen LogP contribution in [0, 0.1) is 0 Å². The third-order valence-corrected chi connectivity index (χ3v) is 4.83. The molecule has 1 saturated carbocycles. The number of carbonyl (C=O) groups excluding carboxylic acids is 1. The molecule has 1 fully saturated rings. The van der Waals surface area contributed by atoms with Crippen LogP contribution in [-0.4, -0.2) is 45.3 Å². The highest BCUT2D eigenvalue weighted by Gasteiger charge is 2.23. The van der Waals surface area contributed by atoms with Gasteiger partial charge in [-0.15, -0.1) is 0 Å². The summed E-state index contributed by atoms with van der Waals surface area (Å²) in [6, 6.07) is 6.39. The number of nitrogens with zero attached hydrogens (tertiary/aromatic N) is 4. The zero-order valence-electron chi connectivity index (χ0n) is 14.2. The number of hydrogen-bond acceptors (Lipinski definition) is 6. The van der Waals surface area contributed by atoms with Gasteiger partial charge in [-0.2, -0.15) is 0 Å². The SMILES string of the molecule is CN(CC(=O)Cc1ncc2ccc(-c3cnco3)cc2n1)C1CCC1. The first kappa shape index (κ1) is 15.9. The van der Waals surface area contributed by atoms with Gasteiger partial charge in [-0.25, -0.2) is 15.0 Å². The normalized spacial score (nSPS) is 14.8. The van der Waals surface area contributed by atoms with Crippen molar-refractivity contribution < 1.29 is 9.21 Å². The largest absolute Gasteiger partial charge is 0.444 e. The summed E-state index contributed by atoms with van der Waals surface area (Å²) in [5.41, 5.74) is 1.71. The topological polar surface area (TPSA) is 72.1 Å². The molecular formula is C19H20N4O2. The van der Waals surface area contributed by atoms with Crippen molar-refractivity contribution >= 4 is 16.7 Å². The number of fused-ring (bicyclic) bond motifs is 1. The highest BCUT2D eigenvalue weighted by molar-refractivity contribution is 5.84. The Bertz CT molecular complexity index is 888. The fourth-order valence-electron chi connectivity index (χ4n) is 3.13. The Morgan fingerprint density at radius 2 is 2.20 bits per heavy atom. The van der Waals surface area contributed by atoms with Crippen molar-refractivity contribution in [2.24, 2.45) is 0 Å². The number of ketones is 1. The zero-order valence-corrected chi connectivity index (χ0v) is 14.2. The van der Waals surface area contributed by atoms with E-state index in [1.54, 1.807) is 12.4 Å². The van der Waals surface area contributed by atoms with Crippen LogP contribution < -0.4 is 0 Å². The molecule has 0 amide bonds. The Hall–Kier alpha value is -2.60. The quantitative estimate of drug-likeness (QED) is 0.689. The first-order valence-electron chi connectivity index (χ1n) is 8.55. The van der Waals surface area contributed by atoms with E-state index in [1.165, 1.54) is 25.7 Å². The van der Waals surface area contributed by atoms with Gasteiger partial charge in [0.25, 0.3) is 0 Å². The molecule has 2 aromatic heterocycles. The van der Waals surface area contributed by atoms with E-state index in [2.05, 4.69) is 19.9 Å². The summed E-state index contributed by atoms with van der Waals surface area (Å²) in [5.74, 6) is 1.41. The Labute approximate surface area is 145 Å². The molecule has 0 aliphatic heterocycles. The predicted molar refractivity (Wildman–Crippen MR) is 94.0 cm³/mol. The van der Waals surface area contributed by atoms with Crippen LogP contribution in [0.5, 0.6) is 0 Å². The van der Waals surface area contributed by atoms with Gasteiger partial charge < -0.3 is 4.42 Å². The highest BCUT2D eigenvalue weighted by atomic mass is 16.3. The number of hydrogen-bond donors (Lipinski definition) is 0. The summed E-state index contributed by atoms with van der Waals surface area (Å²) in [7, 11) is 2.02. The molecule has 1 aliphatic carbocycles. The van der Waals surface area contributed by atoms with Crippen LogP contribution >= 0.6 is 0 Å².